The van der Waals surface area contributed by atoms with Crippen LogP contribution in [0.5, 0.6) is 0 Å². The van der Waals surface area contributed by atoms with Crippen LogP contribution in [0.2, 0.25) is 4.34 Å². The molecule has 1 aliphatic rings. The molecule has 2 N–H and O–H groups in total. The third kappa shape index (κ3) is 4.44. The number of thiophene rings is 1. The smallest absolute Gasteiger partial charge is 0.0931 e. The van der Waals surface area contributed by atoms with E-state index in [0.29, 0.717) is 6.04 Å². The Morgan fingerprint density at radius 2 is 2.10 bits per heavy atom. The van der Waals surface area contributed by atoms with Crippen molar-refractivity contribution in [3.8, 4) is 0 Å². The molecule has 120 valence electrons. The van der Waals surface area contributed by atoms with Gasteiger partial charge in [-0.1, -0.05) is 32.4 Å². The Hall–Kier alpha value is -0.0900. The normalized spacial score (nSPS) is 24.0. The number of rotatable bonds is 5. The summed E-state index contributed by atoms with van der Waals surface area (Å²) in [5, 5.41) is 0. The Morgan fingerprint density at radius 1 is 1.33 bits per heavy atom. The van der Waals surface area contributed by atoms with E-state index in [0.717, 1.165) is 35.7 Å². The largest absolute Gasteiger partial charge is 0.326 e. The third-order valence-corrected chi connectivity index (χ3v) is 6.21. The molecule has 0 amide bonds. The summed E-state index contributed by atoms with van der Waals surface area (Å²) >= 11 is 7.84. The molecule has 3 unspecified atom stereocenters. The Labute approximate surface area is 138 Å². The lowest BCUT2D eigenvalue weighted by atomic mass is 9.89. The van der Waals surface area contributed by atoms with Gasteiger partial charge in [-0.3, -0.25) is 4.90 Å². The second-order valence-corrected chi connectivity index (χ2v) is 8.38. The molecule has 1 fully saturated rings. The predicted molar refractivity (Wildman–Crippen MR) is 94.1 cm³/mol. The number of hydrogen-bond donors (Lipinski definition) is 1. The third-order valence-electron chi connectivity index (χ3n) is 4.91. The maximum atomic E-state index is 6.46. The second-order valence-electron chi connectivity index (χ2n) is 6.63. The van der Waals surface area contributed by atoms with Crippen LogP contribution in [0.25, 0.3) is 0 Å². The van der Waals surface area contributed by atoms with Crippen LogP contribution in [0.1, 0.15) is 57.4 Å². The Bertz CT molecular complexity index is 432. The van der Waals surface area contributed by atoms with E-state index in [9.17, 15) is 0 Å². The van der Waals surface area contributed by atoms with Crippen LogP contribution < -0.4 is 5.73 Å². The van der Waals surface area contributed by atoms with Crippen molar-refractivity contribution in [3.63, 3.8) is 0 Å². The van der Waals surface area contributed by atoms with Crippen molar-refractivity contribution in [2.24, 2.45) is 17.6 Å². The van der Waals surface area contributed by atoms with Crippen LogP contribution >= 0.6 is 22.9 Å². The summed E-state index contributed by atoms with van der Waals surface area (Å²) in [6.45, 7) is 9.22. The quantitative estimate of drug-likeness (QED) is 0.829. The van der Waals surface area contributed by atoms with Gasteiger partial charge in [0.2, 0.25) is 0 Å². The van der Waals surface area contributed by atoms with Gasteiger partial charge in [0.25, 0.3) is 0 Å². The summed E-state index contributed by atoms with van der Waals surface area (Å²) in [7, 11) is 0. The van der Waals surface area contributed by atoms with Crippen molar-refractivity contribution in [2.45, 2.75) is 58.5 Å². The van der Waals surface area contributed by atoms with Gasteiger partial charge in [-0.2, -0.15) is 0 Å². The first-order chi connectivity index (χ1) is 10.0. The highest BCUT2D eigenvalue weighted by molar-refractivity contribution is 7.16. The van der Waals surface area contributed by atoms with Gasteiger partial charge in [0.15, 0.2) is 0 Å². The molecule has 1 aliphatic heterocycles. The summed E-state index contributed by atoms with van der Waals surface area (Å²) in [6.07, 6.45) is 4.94. The fraction of sp³-hybridized carbons (Fsp3) is 0.765. The number of hydrogen-bond acceptors (Lipinski definition) is 3. The van der Waals surface area contributed by atoms with Crippen LogP contribution in [-0.4, -0.2) is 24.0 Å². The van der Waals surface area contributed by atoms with Gasteiger partial charge in [-0.05, 0) is 62.7 Å². The lowest BCUT2D eigenvalue weighted by Crippen LogP contribution is -2.41. The minimum Gasteiger partial charge on any atom is -0.326 e. The minimum absolute atomic E-state index is 0.190. The Balaban J connectivity index is 2.13. The minimum atomic E-state index is 0.190. The maximum absolute atomic E-state index is 6.46. The Morgan fingerprint density at radius 3 is 2.67 bits per heavy atom. The molecule has 21 heavy (non-hydrogen) atoms. The molecule has 1 saturated heterocycles. The standard InChI is InChI=1S/C17H29ClN2S/c1-4-14(19)17(15-7-8-16(18)21-15)20-10-5-6-13(9-11-20)12(2)3/h7-8,12-14,17H,4-6,9-11,19H2,1-3H3. The molecule has 0 aromatic carbocycles. The highest BCUT2D eigenvalue weighted by atomic mass is 35.5. The maximum Gasteiger partial charge on any atom is 0.0931 e. The average Bonchev–Trinajstić information content (AvgIpc) is 2.73. The first-order valence-electron chi connectivity index (χ1n) is 8.27. The van der Waals surface area contributed by atoms with Crippen molar-refractivity contribution in [1.29, 1.82) is 0 Å². The highest BCUT2D eigenvalue weighted by Gasteiger charge is 2.29. The molecule has 4 heteroatoms. The number of nitrogens with two attached hydrogens (primary N) is 1. The number of halogens is 1. The molecular weight excluding hydrogens is 300 g/mol. The molecule has 1 aromatic heterocycles. The molecule has 0 saturated carbocycles. The van der Waals surface area contributed by atoms with Gasteiger partial charge in [0, 0.05) is 10.9 Å². The SMILES string of the molecule is CCC(N)C(c1ccc(Cl)s1)N1CCCC(C(C)C)CC1. The fourth-order valence-corrected chi connectivity index (χ4v) is 4.73. The van der Waals surface area contributed by atoms with E-state index in [1.54, 1.807) is 11.3 Å². The summed E-state index contributed by atoms with van der Waals surface area (Å²) in [5.41, 5.74) is 6.46. The van der Waals surface area contributed by atoms with Gasteiger partial charge in [-0.25, -0.2) is 0 Å². The second kappa shape index (κ2) is 7.96. The molecule has 0 aliphatic carbocycles. The van der Waals surface area contributed by atoms with E-state index in [1.165, 1.54) is 24.1 Å². The summed E-state index contributed by atoms with van der Waals surface area (Å²) < 4.78 is 0.869. The van der Waals surface area contributed by atoms with Crippen LogP contribution in [0, 0.1) is 11.8 Å². The Kier molecular flexibility index (Phi) is 6.54. The van der Waals surface area contributed by atoms with E-state index < -0.39 is 0 Å². The molecular formula is C17H29ClN2S. The van der Waals surface area contributed by atoms with Gasteiger partial charge in [0.1, 0.15) is 0 Å². The molecule has 0 radical (unpaired) electrons. The molecule has 2 heterocycles. The van der Waals surface area contributed by atoms with Crippen molar-refractivity contribution in [3.05, 3.63) is 21.3 Å². The average molecular weight is 329 g/mol. The van der Waals surface area contributed by atoms with Crippen LogP contribution in [-0.2, 0) is 0 Å². The highest BCUT2D eigenvalue weighted by Crippen LogP contribution is 2.35. The van der Waals surface area contributed by atoms with Crippen molar-refractivity contribution < 1.29 is 0 Å². The molecule has 2 rings (SSSR count). The first-order valence-corrected chi connectivity index (χ1v) is 9.47. The van der Waals surface area contributed by atoms with E-state index >= 15 is 0 Å². The zero-order chi connectivity index (χ0) is 15.4. The topological polar surface area (TPSA) is 29.3 Å². The van der Waals surface area contributed by atoms with Crippen LogP contribution in [0.4, 0.5) is 0 Å². The molecule has 0 spiro atoms. The van der Waals surface area contributed by atoms with E-state index in [1.807, 2.05) is 6.07 Å². The van der Waals surface area contributed by atoms with E-state index in [2.05, 4.69) is 31.7 Å². The fourth-order valence-electron chi connectivity index (χ4n) is 3.46. The predicted octanol–water partition coefficient (Wildman–Crippen LogP) is 4.94. The lowest BCUT2D eigenvalue weighted by molar-refractivity contribution is 0.174. The summed E-state index contributed by atoms with van der Waals surface area (Å²) in [5.74, 6) is 1.65. The molecule has 0 bridgehead atoms. The van der Waals surface area contributed by atoms with Crippen LogP contribution in [0.3, 0.4) is 0 Å². The zero-order valence-electron chi connectivity index (χ0n) is 13.5. The van der Waals surface area contributed by atoms with E-state index in [4.69, 9.17) is 17.3 Å². The monoisotopic (exact) mass is 328 g/mol. The molecule has 3 atom stereocenters. The molecule has 1 aromatic rings. The summed E-state index contributed by atoms with van der Waals surface area (Å²) in [6, 6.07) is 4.69. The molecule has 2 nitrogen and oxygen atoms in total. The van der Waals surface area contributed by atoms with Gasteiger partial charge >= 0.3 is 0 Å². The van der Waals surface area contributed by atoms with Crippen molar-refractivity contribution in [1.82, 2.24) is 4.90 Å². The van der Waals surface area contributed by atoms with E-state index in [-0.39, 0.29) is 6.04 Å². The van der Waals surface area contributed by atoms with Gasteiger partial charge in [0.05, 0.1) is 10.4 Å². The number of nitrogens with zero attached hydrogens (tertiary/aromatic N) is 1. The van der Waals surface area contributed by atoms with Crippen molar-refractivity contribution in [2.75, 3.05) is 13.1 Å². The first kappa shape index (κ1) is 17.3. The lowest BCUT2D eigenvalue weighted by Gasteiger charge is -2.34. The van der Waals surface area contributed by atoms with Gasteiger partial charge in [-0.15, -0.1) is 11.3 Å². The number of likely N-dealkylation sites (tertiary alicyclic amines) is 1. The zero-order valence-corrected chi connectivity index (χ0v) is 15.1. The summed E-state index contributed by atoms with van der Waals surface area (Å²) in [4.78, 5) is 3.94. The van der Waals surface area contributed by atoms with Crippen LogP contribution in [0.15, 0.2) is 12.1 Å². The van der Waals surface area contributed by atoms with Crippen molar-refractivity contribution >= 4 is 22.9 Å². The van der Waals surface area contributed by atoms with Gasteiger partial charge < -0.3 is 5.73 Å².